The van der Waals surface area contributed by atoms with Gasteiger partial charge in [0.2, 0.25) is 5.88 Å². The molecule has 0 N–H and O–H groups in total. The molecule has 6 nitrogen and oxygen atoms in total. The molecule has 1 aliphatic rings. The van der Waals surface area contributed by atoms with Gasteiger partial charge < -0.3 is 9.64 Å². The Hall–Kier alpha value is -3.01. The van der Waals surface area contributed by atoms with Gasteiger partial charge in [0, 0.05) is 30.1 Å². The molecule has 2 aromatic heterocycles. The minimum Gasteiger partial charge on any atom is -0.481 e. The van der Waals surface area contributed by atoms with E-state index in [0.29, 0.717) is 45.0 Å². The molecule has 0 aliphatic carbocycles. The van der Waals surface area contributed by atoms with E-state index in [4.69, 9.17) is 27.9 Å². The Balaban J connectivity index is 1.69. The first-order chi connectivity index (χ1) is 14.0. The molecule has 1 atom stereocenters. The molecule has 3 aromatic rings. The number of pyridine rings is 1. The highest BCUT2D eigenvalue weighted by Crippen LogP contribution is 2.31. The molecule has 4 rings (SSSR count). The molecule has 146 valence electrons. The quantitative estimate of drug-likeness (QED) is 0.575. The zero-order valence-corrected chi connectivity index (χ0v) is 17.2. The van der Waals surface area contributed by atoms with Crippen LogP contribution < -0.4 is 9.64 Å². The van der Waals surface area contributed by atoms with Crippen LogP contribution in [0.2, 0.25) is 10.0 Å². The lowest BCUT2D eigenvalue weighted by molar-refractivity contribution is 0.0953. The van der Waals surface area contributed by atoms with Crippen LogP contribution in [0, 0.1) is 11.8 Å². The van der Waals surface area contributed by atoms with Crippen LogP contribution in [0.1, 0.15) is 34.6 Å². The number of benzene rings is 1. The van der Waals surface area contributed by atoms with Gasteiger partial charge >= 0.3 is 0 Å². The summed E-state index contributed by atoms with van der Waals surface area (Å²) in [6.45, 7) is 2.47. The third kappa shape index (κ3) is 3.67. The van der Waals surface area contributed by atoms with E-state index >= 15 is 0 Å². The topological polar surface area (TPSA) is 60.3 Å². The van der Waals surface area contributed by atoms with Crippen molar-refractivity contribution in [3.63, 3.8) is 0 Å². The molecule has 29 heavy (non-hydrogen) atoms. The molecular formula is C21H16Cl2N4O2. The minimum absolute atomic E-state index is 0.0182. The van der Waals surface area contributed by atoms with Crippen molar-refractivity contribution in [1.29, 1.82) is 0 Å². The summed E-state index contributed by atoms with van der Waals surface area (Å²) in [4.78, 5) is 19.0. The summed E-state index contributed by atoms with van der Waals surface area (Å²) >= 11 is 12.2. The predicted octanol–water partition coefficient (Wildman–Crippen LogP) is 4.21. The fourth-order valence-electron chi connectivity index (χ4n) is 3.14. The van der Waals surface area contributed by atoms with Crippen molar-refractivity contribution < 1.29 is 9.53 Å². The van der Waals surface area contributed by atoms with Gasteiger partial charge in [0.15, 0.2) is 0 Å². The van der Waals surface area contributed by atoms with Crippen molar-refractivity contribution in [3.05, 3.63) is 69.6 Å². The zero-order chi connectivity index (χ0) is 20.5. The van der Waals surface area contributed by atoms with Crippen LogP contribution in [-0.2, 0) is 0 Å². The van der Waals surface area contributed by atoms with Gasteiger partial charge in [-0.05, 0) is 31.2 Å². The second-order valence-electron chi connectivity index (χ2n) is 6.55. The maximum Gasteiger partial charge on any atom is 0.277 e. The van der Waals surface area contributed by atoms with Crippen LogP contribution in [0.3, 0.4) is 0 Å². The molecule has 1 amide bonds. The summed E-state index contributed by atoms with van der Waals surface area (Å²) in [7, 11) is 1.55. The van der Waals surface area contributed by atoms with E-state index in [1.165, 1.54) is 0 Å². The molecule has 0 unspecified atom stereocenters. The third-order valence-electron chi connectivity index (χ3n) is 4.61. The smallest absolute Gasteiger partial charge is 0.277 e. The Morgan fingerprint density at radius 3 is 2.66 bits per heavy atom. The van der Waals surface area contributed by atoms with Gasteiger partial charge in [-0.25, -0.2) is 4.98 Å². The molecule has 1 aliphatic heterocycles. The number of anilines is 1. The Labute approximate surface area is 178 Å². The first kappa shape index (κ1) is 19.3. The normalized spacial score (nSPS) is 15.5. The summed E-state index contributed by atoms with van der Waals surface area (Å²) in [6, 6.07) is 8.67. The summed E-state index contributed by atoms with van der Waals surface area (Å²) < 4.78 is 6.76. The number of fused-ring (bicyclic) bond motifs is 1. The summed E-state index contributed by atoms with van der Waals surface area (Å²) in [5.74, 6) is 6.40. The highest BCUT2D eigenvalue weighted by Gasteiger charge is 2.33. The lowest BCUT2D eigenvalue weighted by Gasteiger charge is -2.32. The standard InChI is InChI=1S/C21H16Cl2N4O2/c1-13-12-26(16-6-7-17(22)18(23)9-16)21(28)20-15(11-25-27(13)20)5-3-14-4-8-19(29-2)24-10-14/h4,6-11,13H,12H2,1-2H3/t13-/m0/s1. The first-order valence-corrected chi connectivity index (χ1v) is 9.60. The summed E-state index contributed by atoms with van der Waals surface area (Å²) in [5.41, 5.74) is 2.40. The van der Waals surface area contributed by atoms with Gasteiger partial charge in [-0.15, -0.1) is 0 Å². The fraction of sp³-hybridized carbons (Fsp3) is 0.190. The fourth-order valence-corrected chi connectivity index (χ4v) is 3.44. The Kier molecular flexibility index (Phi) is 5.18. The van der Waals surface area contributed by atoms with E-state index in [2.05, 4.69) is 21.9 Å². The molecule has 0 fully saturated rings. The molecule has 8 heteroatoms. The lowest BCUT2D eigenvalue weighted by atomic mass is 10.1. The molecule has 0 saturated heterocycles. The van der Waals surface area contributed by atoms with E-state index in [-0.39, 0.29) is 11.9 Å². The molecule has 1 aromatic carbocycles. The van der Waals surface area contributed by atoms with Crippen LogP contribution in [0.15, 0.2) is 42.7 Å². The van der Waals surface area contributed by atoms with Gasteiger partial charge in [0.25, 0.3) is 5.91 Å². The highest BCUT2D eigenvalue weighted by atomic mass is 35.5. The van der Waals surface area contributed by atoms with Crippen LogP contribution in [0.5, 0.6) is 5.88 Å². The zero-order valence-electron chi connectivity index (χ0n) is 15.7. The van der Waals surface area contributed by atoms with Crippen LogP contribution >= 0.6 is 23.2 Å². The number of rotatable bonds is 2. The lowest BCUT2D eigenvalue weighted by Crippen LogP contribution is -2.43. The average Bonchev–Trinajstić information content (AvgIpc) is 3.16. The van der Waals surface area contributed by atoms with E-state index < -0.39 is 0 Å². The monoisotopic (exact) mass is 426 g/mol. The van der Waals surface area contributed by atoms with E-state index in [9.17, 15) is 4.79 Å². The average molecular weight is 427 g/mol. The first-order valence-electron chi connectivity index (χ1n) is 8.84. The largest absolute Gasteiger partial charge is 0.481 e. The van der Waals surface area contributed by atoms with Crippen molar-refractivity contribution in [2.24, 2.45) is 0 Å². The second kappa shape index (κ2) is 7.78. The van der Waals surface area contributed by atoms with Crippen molar-refractivity contribution in [2.45, 2.75) is 13.0 Å². The minimum atomic E-state index is -0.184. The number of hydrogen-bond donors (Lipinski definition) is 0. The van der Waals surface area contributed by atoms with Crippen LogP contribution in [-0.4, -0.2) is 34.3 Å². The second-order valence-corrected chi connectivity index (χ2v) is 7.37. The maximum atomic E-state index is 13.2. The molecule has 0 bridgehead atoms. The molecule has 0 saturated carbocycles. The van der Waals surface area contributed by atoms with Gasteiger partial charge in [-0.1, -0.05) is 35.0 Å². The van der Waals surface area contributed by atoms with Gasteiger partial charge in [-0.3, -0.25) is 9.48 Å². The molecule has 0 spiro atoms. The molecule has 0 radical (unpaired) electrons. The number of nitrogens with zero attached hydrogens (tertiary/aromatic N) is 4. The number of hydrogen-bond acceptors (Lipinski definition) is 4. The summed E-state index contributed by atoms with van der Waals surface area (Å²) in [5, 5.41) is 5.21. The number of carbonyl (C=O) groups is 1. The third-order valence-corrected chi connectivity index (χ3v) is 5.35. The van der Waals surface area contributed by atoms with Crippen molar-refractivity contribution in [3.8, 4) is 17.7 Å². The predicted molar refractivity (Wildman–Crippen MR) is 112 cm³/mol. The van der Waals surface area contributed by atoms with Gasteiger partial charge in [-0.2, -0.15) is 5.10 Å². The number of carbonyl (C=O) groups excluding carboxylic acids is 1. The van der Waals surface area contributed by atoms with Crippen LogP contribution in [0.4, 0.5) is 5.69 Å². The maximum absolute atomic E-state index is 13.2. The Morgan fingerprint density at radius 1 is 1.14 bits per heavy atom. The van der Waals surface area contributed by atoms with E-state index in [1.54, 1.807) is 59.4 Å². The summed E-state index contributed by atoms with van der Waals surface area (Å²) in [6.07, 6.45) is 3.24. The number of ether oxygens (including phenoxy) is 1. The van der Waals surface area contributed by atoms with E-state index in [0.717, 1.165) is 0 Å². The van der Waals surface area contributed by atoms with Crippen molar-refractivity contribution >= 4 is 34.8 Å². The number of aromatic nitrogens is 3. The van der Waals surface area contributed by atoms with Gasteiger partial charge in [0.1, 0.15) is 5.69 Å². The van der Waals surface area contributed by atoms with Crippen LogP contribution in [0.25, 0.3) is 0 Å². The van der Waals surface area contributed by atoms with Crippen molar-refractivity contribution in [2.75, 3.05) is 18.6 Å². The number of methoxy groups -OCH3 is 1. The Bertz CT molecular complexity index is 1150. The molecular weight excluding hydrogens is 411 g/mol. The number of amides is 1. The van der Waals surface area contributed by atoms with E-state index in [1.807, 2.05) is 6.92 Å². The Morgan fingerprint density at radius 2 is 1.97 bits per heavy atom. The SMILES string of the molecule is COc1ccc(C#Cc2cnn3c2C(=O)N(c2ccc(Cl)c(Cl)c2)C[C@@H]3C)cn1. The number of halogens is 2. The molecule has 3 heterocycles. The van der Waals surface area contributed by atoms with Crippen molar-refractivity contribution in [1.82, 2.24) is 14.8 Å². The highest BCUT2D eigenvalue weighted by molar-refractivity contribution is 6.42. The van der Waals surface area contributed by atoms with Gasteiger partial charge in [0.05, 0.1) is 35.0 Å².